The number of carbonyl (C=O) groups is 1. The average molecular weight is 228 g/mol. The Morgan fingerprint density at radius 1 is 1.62 bits per heavy atom. The largest absolute Gasteiger partial charge is 0.480 e. The molecular weight excluding hydrogens is 219 g/mol. The van der Waals surface area contributed by atoms with Crippen molar-refractivity contribution in [3.8, 4) is 0 Å². The lowest BCUT2D eigenvalue weighted by molar-refractivity contribution is -0.387. The molecular formula is C9H9FN2O4. The summed E-state index contributed by atoms with van der Waals surface area (Å²) in [6.45, 7) is 0. The van der Waals surface area contributed by atoms with Crippen LogP contribution in [-0.2, 0) is 11.2 Å². The lowest BCUT2D eigenvalue weighted by Crippen LogP contribution is -2.32. The van der Waals surface area contributed by atoms with Gasteiger partial charge in [0.15, 0.2) is 0 Å². The highest BCUT2D eigenvalue weighted by Gasteiger charge is 2.17. The predicted octanol–water partition coefficient (Wildman–Crippen LogP) is 0.688. The maximum atomic E-state index is 12.9. The first-order chi connectivity index (χ1) is 7.41. The van der Waals surface area contributed by atoms with Crippen molar-refractivity contribution in [2.24, 2.45) is 5.73 Å². The third kappa shape index (κ3) is 2.74. The molecule has 3 N–H and O–H groups in total. The van der Waals surface area contributed by atoms with E-state index in [9.17, 15) is 19.3 Å². The van der Waals surface area contributed by atoms with E-state index in [-0.39, 0.29) is 6.42 Å². The number of hydrogen-bond donors (Lipinski definition) is 2. The third-order valence-electron chi connectivity index (χ3n) is 1.98. The Labute approximate surface area is 89.6 Å². The van der Waals surface area contributed by atoms with Gasteiger partial charge in [-0.15, -0.1) is 0 Å². The van der Waals surface area contributed by atoms with Gasteiger partial charge in [0.05, 0.1) is 4.92 Å². The number of aliphatic carboxylic acids is 1. The van der Waals surface area contributed by atoms with E-state index in [4.69, 9.17) is 10.8 Å². The van der Waals surface area contributed by atoms with Crippen LogP contribution in [0.5, 0.6) is 0 Å². The number of rotatable bonds is 4. The van der Waals surface area contributed by atoms with Crippen LogP contribution in [0.15, 0.2) is 18.2 Å². The van der Waals surface area contributed by atoms with Gasteiger partial charge in [-0.05, 0) is 18.1 Å². The third-order valence-corrected chi connectivity index (χ3v) is 1.98. The quantitative estimate of drug-likeness (QED) is 0.582. The molecule has 0 radical (unpaired) electrons. The van der Waals surface area contributed by atoms with Crippen LogP contribution in [0, 0.1) is 15.9 Å². The van der Waals surface area contributed by atoms with Gasteiger partial charge in [-0.2, -0.15) is 4.39 Å². The first-order valence-corrected chi connectivity index (χ1v) is 4.33. The van der Waals surface area contributed by atoms with E-state index in [2.05, 4.69) is 0 Å². The molecule has 6 nitrogen and oxygen atoms in total. The van der Waals surface area contributed by atoms with Gasteiger partial charge in [0.25, 0.3) is 0 Å². The average Bonchev–Trinajstić information content (AvgIpc) is 2.20. The summed E-state index contributed by atoms with van der Waals surface area (Å²) >= 11 is 0. The fourth-order valence-electron chi connectivity index (χ4n) is 1.17. The van der Waals surface area contributed by atoms with Crippen molar-refractivity contribution in [1.82, 2.24) is 0 Å². The van der Waals surface area contributed by atoms with Gasteiger partial charge in [-0.1, -0.05) is 6.07 Å². The number of hydrogen-bond acceptors (Lipinski definition) is 4. The van der Waals surface area contributed by atoms with Crippen molar-refractivity contribution in [3.05, 3.63) is 39.7 Å². The summed E-state index contributed by atoms with van der Waals surface area (Å²) in [6, 6.07) is 2.01. The molecule has 0 aliphatic carbocycles. The molecule has 86 valence electrons. The standard InChI is InChI=1S/C9H9FN2O4/c10-6-2-1-5(3-7(11)9(13)14)4-8(6)12(15)16/h1-2,4,7H,3,11H2,(H,13,14)/t7-/m0/s1. The topological polar surface area (TPSA) is 106 Å². The normalized spacial score (nSPS) is 12.1. The first kappa shape index (κ1) is 12.1. The Kier molecular flexibility index (Phi) is 3.51. The molecule has 1 atom stereocenters. The lowest BCUT2D eigenvalue weighted by Gasteiger charge is -2.06. The summed E-state index contributed by atoms with van der Waals surface area (Å²) in [5, 5.41) is 19.0. The van der Waals surface area contributed by atoms with E-state index >= 15 is 0 Å². The van der Waals surface area contributed by atoms with Crippen LogP contribution in [0.4, 0.5) is 10.1 Å². The zero-order valence-corrected chi connectivity index (χ0v) is 8.09. The minimum absolute atomic E-state index is 0.0869. The van der Waals surface area contributed by atoms with Gasteiger partial charge in [0.1, 0.15) is 6.04 Å². The molecule has 0 unspecified atom stereocenters. The highest BCUT2D eigenvalue weighted by molar-refractivity contribution is 5.73. The summed E-state index contributed by atoms with van der Waals surface area (Å²) in [4.78, 5) is 20.0. The molecule has 0 saturated carbocycles. The molecule has 0 saturated heterocycles. The molecule has 1 rings (SSSR count). The number of halogens is 1. The molecule has 0 bridgehead atoms. The summed E-state index contributed by atoms with van der Waals surface area (Å²) in [7, 11) is 0. The van der Waals surface area contributed by atoms with Gasteiger partial charge in [0, 0.05) is 6.07 Å². The Hall–Kier alpha value is -2.02. The number of nitrogens with zero attached hydrogens (tertiary/aromatic N) is 1. The van der Waals surface area contributed by atoms with Crippen LogP contribution in [0.3, 0.4) is 0 Å². The number of carboxylic acid groups (broad SMARTS) is 1. The van der Waals surface area contributed by atoms with E-state index < -0.39 is 28.4 Å². The lowest BCUT2D eigenvalue weighted by atomic mass is 10.1. The molecule has 1 aromatic carbocycles. The molecule has 0 aliphatic heterocycles. The van der Waals surface area contributed by atoms with Crippen molar-refractivity contribution in [1.29, 1.82) is 0 Å². The van der Waals surface area contributed by atoms with Gasteiger partial charge in [0.2, 0.25) is 5.82 Å². The van der Waals surface area contributed by atoms with Gasteiger partial charge < -0.3 is 10.8 Å². The first-order valence-electron chi connectivity index (χ1n) is 4.33. The molecule has 0 aromatic heterocycles. The molecule has 0 aliphatic rings. The number of nitrogens with two attached hydrogens (primary N) is 1. The van der Waals surface area contributed by atoms with Gasteiger partial charge in [-0.3, -0.25) is 14.9 Å². The number of nitro groups is 1. The predicted molar refractivity (Wildman–Crippen MR) is 52.4 cm³/mol. The molecule has 0 amide bonds. The summed E-state index contributed by atoms with van der Waals surface area (Å²) < 4.78 is 12.9. The maximum absolute atomic E-state index is 12.9. The van der Waals surface area contributed by atoms with E-state index in [1.54, 1.807) is 0 Å². The van der Waals surface area contributed by atoms with E-state index in [0.717, 1.165) is 12.1 Å². The van der Waals surface area contributed by atoms with Crippen molar-refractivity contribution in [2.75, 3.05) is 0 Å². The summed E-state index contributed by atoms with van der Waals surface area (Å²) in [5.74, 6) is -2.18. The SMILES string of the molecule is N[C@@H](Cc1ccc(F)c([N+](=O)[O-])c1)C(=O)O. The zero-order chi connectivity index (χ0) is 12.3. The van der Waals surface area contributed by atoms with E-state index in [0.29, 0.717) is 5.56 Å². The van der Waals surface area contributed by atoms with Crippen LogP contribution in [0.2, 0.25) is 0 Å². The molecule has 0 fully saturated rings. The monoisotopic (exact) mass is 228 g/mol. The summed E-state index contributed by atoms with van der Waals surface area (Å²) in [5.41, 5.74) is 4.87. The number of nitro benzene ring substituents is 1. The smallest absolute Gasteiger partial charge is 0.320 e. The van der Waals surface area contributed by atoms with Gasteiger partial charge in [-0.25, -0.2) is 0 Å². The highest BCUT2D eigenvalue weighted by atomic mass is 19.1. The molecule has 7 heteroatoms. The summed E-state index contributed by atoms with van der Waals surface area (Å²) in [6.07, 6.45) is -0.0869. The Balaban J connectivity index is 2.95. The van der Waals surface area contributed by atoms with Crippen LogP contribution in [0.1, 0.15) is 5.56 Å². The van der Waals surface area contributed by atoms with Crippen LogP contribution in [-0.4, -0.2) is 22.0 Å². The van der Waals surface area contributed by atoms with Crippen LogP contribution in [0.25, 0.3) is 0 Å². The fourth-order valence-corrected chi connectivity index (χ4v) is 1.17. The second-order valence-corrected chi connectivity index (χ2v) is 3.19. The zero-order valence-electron chi connectivity index (χ0n) is 8.09. The molecule has 1 aromatic rings. The minimum atomic E-state index is -1.22. The van der Waals surface area contributed by atoms with Gasteiger partial charge >= 0.3 is 11.7 Å². The maximum Gasteiger partial charge on any atom is 0.320 e. The van der Waals surface area contributed by atoms with E-state index in [1.807, 2.05) is 0 Å². The molecule has 0 spiro atoms. The fraction of sp³-hybridized carbons (Fsp3) is 0.222. The Bertz CT molecular complexity index is 436. The highest BCUT2D eigenvalue weighted by Crippen LogP contribution is 2.19. The van der Waals surface area contributed by atoms with Crippen molar-refractivity contribution < 1.29 is 19.2 Å². The second kappa shape index (κ2) is 4.67. The molecule has 0 heterocycles. The Morgan fingerprint density at radius 2 is 2.25 bits per heavy atom. The van der Waals surface area contributed by atoms with Crippen LogP contribution >= 0.6 is 0 Å². The van der Waals surface area contributed by atoms with E-state index in [1.165, 1.54) is 6.07 Å². The van der Waals surface area contributed by atoms with Crippen LogP contribution < -0.4 is 5.73 Å². The Morgan fingerprint density at radius 3 is 2.75 bits per heavy atom. The second-order valence-electron chi connectivity index (χ2n) is 3.19. The van der Waals surface area contributed by atoms with Crippen molar-refractivity contribution >= 4 is 11.7 Å². The minimum Gasteiger partial charge on any atom is -0.480 e. The van der Waals surface area contributed by atoms with Crippen molar-refractivity contribution in [3.63, 3.8) is 0 Å². The number of carboxylic acids is 1. The number of benzene rings is 1. The van der Waals surface area contributed by atoms with Crippen molar-refractivity contribution in [2.45, 2.75) is 12.5 Å². The molecule has 16 heavy (non-hydrogen) atoms.